The van der Waals surface area contributed by atoms with Crippen LogP contribution in [0.3, 0.4) is 0 Å². The molecule has 0 atom stereocenters. The number of likely N-dealkylation sites (tertiary alicyclic amines) is 1. The lowest BCUT2D eigenvalue weighted by Gasteiger charge is -2.31. The summed E-state index contributed by atoms with van der Waals surface area (Å²) in [5.41, 5.74) is 3.92. The number of aromatic nitrogens is 3. The SMILES string of the molecule is O=C(OCc1ccccc1)N1CCC(n2nc3c4ccccc4n(Cc4ccc(F)cc4)cc-3c2=O)CC1. The Morgan fingerprint density at radius 1 is 0.921 bits per heavy atom. The number of carbonyl (C=O) groups is 1. The first kappa shape index (κ1) is 23.9. The van der Waals surface area contributed by atoms with Crippen LogP contribution in [-0.4, -0.2) is 38.4 Å². The lowest BCUT2D eigenvalue weighted by Crippen LogP contribution is -2.40. The average Bonchev–Trinajstić information content (AvgIpc) is 3.30. The van der Waals surface area contributed by atoms with Crippen molar-refractivity contribution in [2.45, 2.75) is 32.0 Å². The fourth-order valence-corrected chi connectivity index (χ4v) is 5.17. The van der Waals surface area contributed by atoms with E-state index in [1.807, 2.05) is 65.4 Å². The van der Waals surface area contributed by atoms with E-state index >= 15 is 0 Å². The number of nitrogens with zero attached hydrogens (tertiary/aromatic N) is 4. The lowest BCUT2D eigenvalue weighted by atomic mass is 10.1. The lowest BCUT2D eigenvalue weighted by molar-refractivity contribution is 0.0819. The van der Waals surface area contributed by atoms with E-state index in [0.717, 1.165) is 22.0 Å². The minimum atomic E-state index is -0.340. The van der Waals surface area contributed by atoms with Gasteiger partial charge in [-0.1, -0.05) is 60.7 Å². The Morgan fingerprint density at radius 3 is 2.39 bits per heavy atom. The van der Waals surface area contributed by atoms with Crippen molar-refractivity contribution in [1.29, 1.82) is 0 Å². The number of hydrogen-bond donors (Lipinski definition) is 0. The molecule has 7 nitrogen and oxygen atoms in total. The van der Waals surface area contributed by atoms with Gasteiger partial charge in [-0.25, -0.2) is 13.9 Å². The number of halogens is 1. The number of para-hydroxylation sites is 1. The second-order valence-corrected chi connectivity index (χ2v) is 9.67. The van der Waals surface area contributed by atoms with Crippen LogP contribution >= 0.6 is 0 Å². The number of fused-ring (bicyclic) bond motifs is 3. The Labute approximate surface area is 219 Å². The molecule has 0 unspecified atom stereocenters. The van der Waals surface area contributed by atoms with Gasteiger partial charge in [0.25, 0.3) is 5.56 Å². The standard InChI is InChI=1S/C30H27FN4O3/c31-23-12-10-21(11-13-23)18-34-19-26-28(25-8-4-5-9-27(25)34)32-35(29(26)36)24-14-16-33(17-15-24)30(37)38-20-22-6-2-1-3-7-22/h1-13,19,24H,14-18,20H2. The first-order chi connectivity index (χ1) is 18.6. The van der Waals surface area contributed by atoms with Crippen LogP contribution in [0.1, 0.15) is 30.0 Å². The maximum absolute atomic E-state index is 13.5. The molecule has 8 heteroatoms. The van der Waals surface area contributed by atoms with Gasteiger partial charge in [0.1, 0.15) is 18.1 Å². The van der Waals surface area contributed by atoms with Crippen molar-refractivity contribution in [3.63, 3.8) is 0 Å². The third kappa shape index (κ3) is 4.65. The summed E-state index contributed by atoms with van der Waals surface area (Å²) in [4.78, 5) is 27.8. The molecule has 3 heterocycles. The van der Waals surface area contributed by atoms with Crippen LogP contribution in [0.2, 0.25) is 0 Å². The Bertz CT molecular complexity index is 1600. The van der Waals surface area contributed by atoms with Crippen molar-refractivity contribution in [1.82, 2.24) is 19.2 Å². The molecule has 0 bridgehead atoms. The van der Waals surface area contributed by atoms with E-state index in [1.54, 1.807) is 21.7 Å². The average molecular weight is 511 g/mol. The highest BCUT2D eigenvalue weighted by Gasteiger charge is 2.29. The molecule has 3 aromatic carbocycles. The minimum Gasteiger partial charge on any atom is -0.445 e. The zero-order valence-electron chi connectivity index (χ0n) is 20.8. The van der Waals surface area contributed by atoms with Gasteiger partial charge in [0.15, 0.2) is 0 Å². The first-order valence-electron chi connectivity index (χ1n) is 12.8. The van der Waals surface area contributed by atoms with Crippen molar-refractivity contribution in [3.05, 3.63) is 112 Å². The molecule has 1 amide bonds. The molecule has 1 saturated heterocycles. The number of rotatable bonds is 5. The Kier molecular flexibility index (Phi) is 6.37. The minimum absolute atomic E-state index is 0.0996. The number of pyridine rings is 1. The molecule has 0 aromatic heterocycles. The van der Waals surface area contributed by atoms with E-state index < -0.39 is 0 Å². The van der Waals surface area contributed by atoms with Crippen molar-refractivity contribution in [2.75, 3.05) is 13.1 Å². The molecule has 3 aliphatic rings. The normalized spacial score (nSPS) is 14.3. The van der Waals surface area contributed by atoms with Gasteiger partial charge in [0.05, 0.1) is 17.1 Å². The van der Waals surface area contributed by atoms with Gasteiger partial charge in [-0.3, -0.25) is 4.79 Å². The van der Waals surface area contributed by atoms with Gasteiger partial charge in [0, 0.05) is 31.2 Å². The predicted octanol–water partition coefficient (Wildman–Crippen LogP) is 5.46. The number of carbonyl (C=O) groups excluding carboxylic acids is 1. The fourth-order valence-electron chi connectivity index (χ4n) is 5.17. The summed E-state index contributed by atoms with van der Waals surface area (Å²) in [7, 11) is 0. The molecule has 6 rings (SSSR count). The highest BCUT2D eigenvalue weighted by Crippen LogP contribution is 2.30. The first-order valence-corrected chi connectivity index (χ1v) is 12.8. The van der Waals surface area contributed by atoms with Crippen molar-refractivity contribution in [2.24, 2.45) is 0 Å². The Morgan fingerprint density at radius 2 is 1.63 bits per heavy atom. The highest BCUT2D eigenvalue weighted by molar-refractivity contribution is 5.93. The van der Waals surface area contributed by atoms with Crippen molar-refractivity contribution in [3.8, 4) is 11.3 Å². The van der Waals surface area contributed by atoms with Crippen LogP contribution in [-0.2, 0) is 17.9 Å². The van der Waals surface area contributed by atoms with Gasteiger partial charge in [-0.2, -0.15) is 5.10 Å². The second kappa shape index (κ2) is 10.1. The molecule has 3 aromatic rings. The van der Waals surface area contributed by atoms with E-state index in [9.17, 15) is 14.0 Å². The van der Waals surface area contributed by atoms with Gasteiger partial charge < -0.3 is 14.2 Å². The third-order valence-corrected chi connectivity index (χ3v) is 7.19. The molecule has 3 aliphatic heterocycles. The number of hydrogen-bond acceptors (Lipinski definition) is 4. The van der Waals surface area contributed by atoms with Gasteiger partial charge in [-0.15, -0.1) is 0 Å². The van der Waals surface area contributed by atoms with E-state index in [-0.39, 0.29) is 30.1 Å². The number of benzene rings is 3. The summed E-state index contributed by atoms with van der Waals surface area (Å²) in [6.45, 7) is 1.74. The second-order valence-electron chi connectivity index (χ2n) is 9.67. The Balaban J connectivity index is 1.23. The maximum Gasteiger partial charge on any atom is 0.410 e. The molecule has 0 saturated carbocycles. The topological polar surface area (TPSA) is 69.4 Å². The van der Waals surface area contributed by atoms with Gasteiger partial charge in [-0.05, 0) is 42.2 Å². The van der Waals surface area contributed by atoms with Crippen molar-refractivity contribution < 1.29 is 13.9 Å². The van der Waals surface area contributed by atoms with E-state index in [1.165, 1.54) is 12.1 Å². The largest absolute Gasteiger partial charge is 0.445 e. The molecule has 0 N–H and O–H groups in total. The van der Waals surface area contributed by atoms with Crippen LogP contribution in [0.15, 0.2) is 89.9 Å². The van der Waals surface area contributed by atoms with E-state index in [2.05, 4.69) is 0 Å². The smallest absolute Gasteiger partial charge is 0.410 e. The summed E-state index contributed by atoms with van der Waals surface area (Å²) < 4.78 is 22.5. The van der Waals surface area contributed by atoms with E-state index in [4.69, 9.17) is 9.84 Å². The van der Waals surface area contributed by atoms with Crippen LogP contribution in [0.25, 0.3) is 22.2 Å². The molecular weight excluding hydrogens is 483 g/mol. The molecule has 0 spiro atoms. The zero-order chi connectivity index (χ0) is 26.1. The molecule has 0 aliphatic carbocycles. The summed E-state index contributed by atoms with van der Waals surface area (Å²) in [6.07, 6.45) is 2.75. The highest BCUT2D eigenvalue weighted by atomic mass is 19.1. The number of piperidine rings is 1. The Hall–Kier alpha value is -4.46. The molecular formula is C30H27FN4O3. The molecule has 0 radical (unpaired) electrons. The maximum atomic E-state index is 13.5. The van der Waals surface area contributed by atoms with Crippen molar-refractivity contribution >= 4 is 17.0 Å². The molecule has 38 heavy (non-hydrogen) atoms. The quantitative estimate of drug-likeness (QED) is 0.315. The zero-order valence-corrected chi connectivity index (χ0v) is 20.8. The summed E-state index contributed by atoms with van der Waals surface area (Å²) >= 11 is 0. The summed E-state index contributed by atoms with van der Waals surface area (Å²) in [5.74, 6) is -0.280. The van der Waals surface area contributed by atoms with Crippen LogP contribution in [0, 0.1) is 5.82 Å². The van der Waals surface area contributed by atoms with Crippen LogP contribution in [0.5, 0.6) is 0 Å². The third-order valence-electron chi connectivity index (χ3n) is 7.19. The molecule has 192 valence electrons. The molecule has 1 fully saturated rings. The summed E-state index contributed by atoms with van der Waals surface area (Å²) in [6, 6.07) is 23.7. The monoisotopic (exact) mass is 510 g/mol. The van der Waals surface area contributed by atoms with Crippen LogP contribution < -0.4 is 5.56 Å². The van der Waals surface area contributed by atoms with Crippen LogP contribution in [0.4, 0.5) is 9.18 Å². The fraction of sp³-hybridized carbons (Fsp3) is 0.233. The predicted molar refractivity (Wildman–Crippen MR) is 143 cm³/mol. The van der Waals surface area contributed by atoms with Gasteiger partial charge in [0.2, 0.25) is 0 Å². The summed E-state index contributed by atoms with van der Waals surface area (Å²) in [5, 5.41) is 5.67. The van der Waals surface area contributed by atoms with E-state index in [0.29, 0.717) is 43.7 Å². The van der Waals surface area contributed by atoms with Gasteiger partial charge >= 0.3 is 6.09 Å². The number of amides is 1. The number of ether oxygens (including phenoxy) is 1.